The van der Waals surface area contributed by atoms with Crippen LogP contribution in [-0.4, -0.2) is 108 Å². The van der Waals surface area contributed by atoms with Crippen LogP contribution in [-0.2, 0) is 0 Å². The average molecular weight is 702 g/mol. The van der Waals surface area contributed by atoms with Gasteiger partial charge in [0.1, 0.15) is 0 Å². The molecule has 0 radical (unpaired) electrons. The van der Waals surface area contributed by atoms with Crippen LogP contribution in [0.1, 0.15) is 175 Å². The fourth-order valence-electron chi connectivity index (χ4n) is 6.88. The largest absolute Gasteiger partial charge is 0.392 e. The van der Waals surface area contributed by atoms with Crippen molar-refractivity contribution in [1.82, 2.24) is 14.7 Å². The number of hydrogen-bond acceptors (Lipinski definition) is 7. The van der Waals surface area contributed by atoms with E-state index in [1.54, 1.807) is 0 Å². The Balaban J connectivity index is 2.24. The van der Waals surface area contributed by atoms with E-state index in [-0.39, 0.29) is 12.2 Å². The number of likely N-dealkylation sites (N-methyl/N-ethyl adjacent to an activating group) is 1. The van der Waals surface area contributed by atoms with Crippen molar-refractivity contribution < 1.29 is 10.2 Å². The number of piperazine rings is 1. The first-order chi connectivity index (χ1) is 23.1. The third-order valence-corrected chi connectivity index (χ3v) is 12.6. The van der Waals surface area contributed by atoms with E-state index in [0.717, 1.165) is 51.7 Å². The summed E-state index contributed by atoms with van der Waals surface area (Å²) in [5.41, 5.74) is 0. The Morgan fingerprint density at radius 1 is 0.489 bits per heavy atom. The first-order valence-electron chi connectivity index (χ1n) is 20.9. The van der Waals surface area contributed by atoms with Gasteiger partial charge in [0.2, 0.25) is 0 Å². The molecule has 2 unspecified atom stereocenters. The fraction of sp³-hybridized carbons (Fsp3) is 1.00. The van der Waals surface area contributed by atoms with Crippen LogP contribution in [0.3, 0.4) is 0 Å². The second kappa shape index (κ2) is 34.9. The van der Waals surface area contributed by atoms with Gasteiger partial charge in [-0.05, 0) is 38.8 Å². The van der Waals surface area contributed by atoms with Gasteiger partial charge < -0.3 is 15.1 Å². The van der Waals surface area contributed by atoms with Gasteiger partial charge in [0.15, 0.2) is 0 Å². The molecule has 0 amide bonds. The summed E-state index contributed by atoms with van der Waals surface area (Å²) in [6.07, 6.45) is 30.3. The van der Waals surface area contributed by atoms with E-state index in [1.165, 1.54) is 173 Å². The zero-order chi connectivity index (χ0) is 34.0. The third-order valence-electron chi connectivity index (χ3n) is 10.2. The number of aliphatic hydroxyl groups excluding tert-OH is 2. The van der Waals surface area contributed by atoms with Gasteiger partial charge in [-0.1, -0.05) is 171 Å². The Labute approximate surface area is 302 Å². The smallest absolute Gasteiger partial charge is 0.0667 e. The SMILES string of the molecule is CCCCCCCCCCCCC(O)CN(CCCCSSCCN1CCN(CC)CC1)CC(O)CCCCCCCCCCCC. The third kappa shape index (κ3) is 29.9. The lowest BCUT2D eigenvalue weighted by Gasteiger charge is -2.33. The summed E-state index contributed by atoms with van der Waals surface area (Å²) >= 11 is 0. The second-order valence-corrected chi connectivity index (χ2v) is 17.3. The molecule has 282 valence electrons. The molecule has 5 nitrogen and oxygen atoms in total. The molecule has 0 saturated carbocycles. The van der Waals surface area contributed by atoms with Crippen LogP contribution in [0.25, 0.3) is 0 Å². The van der Waals surface area contributed by atoms with Gasteiger partial charge in [-0.2, -0.15) is 0 Å². The zero-order valence-electron chi connectivity index (χ0n) is 32.0. The highest BCUT2D eigenvalue weighted by molar-refractivity contribution is 8.76. The lowest BCUT2D eigenvalue weighted by Crippen LogP contribution is -2.46. The number of unbranched alkanes of at least 4 members (excludes halogenated alkanes) is 19. The van der Waals surface area contributed by atoms with Gasteiger partial charge in [-0.25, -0.2) is 0 Å². The molecular formula is C40H83N3O2S2. The molecule has 0 spiro atoms. The minimum atomic E-state index is -0.266. The van der Waals surface area contributed by atoms with Gasteiger partial charge in [0.25, 0.3) is 0 Å². The normalized spacial score (nSPS) is 16.0. The van der Waals surface area contributed by atoms with Crippen molar-refractivity contribution in [3.63, 3.8) is 0 Å². The summed E-state index contributed by atoms with van der Waals surface area (Å²) in [6, 6.07) is 0. The molecule has 0 bridgehead atoms. The Bertz CT molecular complexity index is 592. The van der Waals surface area contributed by atoms with E-state index in [0.29, 0.717) is 0 Å². The first kappa shape index (κ1) is 45.5. The van der Waals surface area contributed by atoms with Gasteiger partial charge in [0, 0.05) is 57.3 Å². The average Bonchev–Trinajstić information content (AvgIpc) is 3.07. The van der Waals surface area contributed by atoms with Crippen LogP contribution in [0.2, 0.25) is 0 Å². The summed E-state index contributed by atoms with van der Waals surface area (Å²) in [4.78, 5) is 7.56. The van der Waals surface area contributed by atoms with Crippen molar-refractivity contribution >= 4 is 21.6 Å². The van der Waals surface area contributed by atoms with Crippen molar-refractivity contribution in [1.29, 1.82) is 0 Å². The monoisotopic (exact) mass is 702 g/mol. The van der Waals surface area contributed by atoms with Crippen molar-refractivity contribution in [2.75, 3.05) is 70.4 Å². The van der Waals surface area contributed by atoms with Crippen molar-refractivity contribution in [3.05, 3.63) is 0 Å². The van der Waals surface area contributed by atoms with E-state index < -0.39 is 0 Å². The van der Waals surface area contributed by atoms with Gasteiger partial charge in [0.05, 0.1) is 12.2 Å². The standard InChI is InChI=1S/C40H83N3O2S2/c1-4-7-9-11-13-15-17-19-21-23-27-39(44)37-43(38-40(45)28-24-22-20-18-16-14-12-10-8-5-2)29-25-26-35-46-47-36-34-42-32-30-41(6-3)31-33-42/h39-40,44-45H,4-38H2,1-3H3. The summed E-state index contributed by atoms with van der Waals surface area (Å²) in [5.74, 6) is 2.42. The molecule has 47 heavy (non-hydrogen) atoms. The minimum Gasteiger partial charge on any atom is -0.392 e. The predicted molar refractivity (Wildman–Crippen MR) is 214 cm³/mol. The first-order valence-corrected chi connectivity index (χ1v) is 23.3. The number of aliphatic hydroxyl groups is 2. The van der Waals surface area contributed by atoms with E-state index in [2.05, 4.69) is 35.5 Å². The zero-order valence-corrected chi connectivity index (χ0v) is 33.6. The molecular weight excluding hydrogens is 619 g/mol. The highest BCUT2D eigenvalue weighted by atomic mass is 33.1. The molecule has 0 aromatic heterocycles. The quantitative estimate of drug-likeness (QED) is 0.0498. The predicted octanol–water partition coefficient (Wildman–Crippen LogP) is 10.4. The summed E-state index contributed by atoms with van der Waals surface area (Å²) in [6.45, 7) is 16.6. The number of hydrogen-bond donors (Lipinski definition) is 2. The van der Waals surface area contributed by atoms with E-state index >= 15 is 0 Å². The van der Waals surface area contributed by atoms with E-state index in [9.17, 15) is 10.2 Å². The molecule has 1 heterocycles. The molecule has 1 aliphatic heterocycles. The Morgan fingerprint density at radius 3 is 1.34 bits per heavy atom. The van der Waals surface area contributed by atoms with E-state index in [4.69, 9.17) is 0 Å². The molecule has 0 aromatic rings. The summed E-state index contributed by atoms with van der Waals surface area (Å²) in [5, 5.41) is 21.8. The molecule has 1 aliphatic rings. The Morgan fingerprint density at radius 2 is 0.894 bits per heavy atom. The number of nitrogens with zero attached hydrogens (tertiary/aromatic N) is 3. The Hall–Kier alpha value is 0.500. The van der Waals surface area contributed by atoms with Gasteiger partial charge in [-0.15, -0.1) is 0 Å². The molecule has 1 fully saturated rings. The highest BCUT2D eigenvalue weighted by Gasteiger charge is 2.17. The van der Waals surface area contributed by atoms with Crippen LogP contribution in [0, 0.1) is 0 Å². The topological polar surface area (TPSA) is 50.2 Å². The van der Waals surface area contributed by atoms with Crippen LogP contribution < -0.4 is 0 Å². The molecule has 2 N–H and O–H groups in total. The molecule has 7 heteroatoms. The maximum absolute atomic E-state index is 10.9. The molecule has 0 aromatic carbocycles. The lowest BCUT2D eigenvalue weighted by molar-refractivity contribution is 0.0599. The van der Waals surface area contributed by atoms with Crippen LogP contribution >= 0.6 is 21.6 Å². The molecule has 0 aliphatic carbocycles. The molecule has 1 rings (SSSR count). The number of rotatable bonds is 36. The van der Waals surface area contributed by atoms with Crippen molar-refractivity contribution in [3.8, 4) is 0 Å². The maximum Gasteiger partial charge on any atom is 0.0667 e. The molecule has 2 atom stereocenters. The van der Waals surface area contributed by atoms with Gasteiger partial charge in [-0.3, -0.25) is 9.80 Å². The fourth-order valence-corrected chi connectivity index (χ4v) is 9.05. The van der Waals surface area contributed by atoms with Crippen molar-refractivity contribution in [2.45, 2.75) is 187 Å². The van der Waals surface area contributed by atoms with Crippen molar-refractivity contribution in [2.24, 2.45) is 0 Å². The van der Waals surface area contributed by atoms with E-state index in [1.807, 2.05) is 21.6 Å². The molecule has 1 saturated heterocycles. The lowest BCUT2D eigenvalue weighted by atomic mass is 10.0. The second-order valence-electron chi connectivity index (χ2n) is 14.6. The maximum atomic E-state index is 10.9. The Kier molecular flexibility index (Phi) is 33.8. The highest BCUT2D eigenvalue weighted by Crippen LogP contribution is 2.23. The van der Waals surface area contributed by atoms with Crippen LogP contribution in [0.15, 0.2) is 0 Å². The van der Waals surface area contributed by atoms with Crippen LogP contribution in [0.4, 0.5) is 0 Å². The summed E-state index contributed by atoms with van der Waals surface area (Å²) < 4.78 is 0. The summed E-state index contributed by atoms with van der Waals surface area (Å²) in [7, 11) is 4.08. The van der Waals surface area contributed by atoms with Gasteiger partial charge >= 0.3 is 0 Å². The van der Waals surface area contributed by atoms with Crippen LogP contribution in [0.5, 0.6) is 0 Å². The minimum absolute atomic E-state index is 0.266.